The number of hydrogen-bond donors (Lipinski definition) is 3. The Morgan fingerprint density at radius 2 is 2.44 bits per heavy atom. The smallest absolute Gasteiger partial charge is 0.306 e. The lowest BCUT2D eigenvalue weighted by atomic mass is 10.3. The first kappa shape index (κ1) is 14.1. The number of hydrogen-bond acceptors (Lipinski definition) is 6. The van der Waals surface area contributed by atoms with Crippen LogP contribution >= 0.6 is 0 Å². The number of carbonyl (C=O) groups excluding carboxylic acids is 1. The van der Waals surface area contributed by atoms with Crippen molar-refractivity contribution in [1.82, 2.24) is 15.1 Å². The summed E-state index contributed by atoms with van der Waals surface area (Å²) in [5, 5.41) is 26.6. The lowest BCUT2D eigenvalue weighted by Crippen LogP contribution is -2.32. The molecule has 0 saturated heterocycles. The summed E-state index contributed by atoms with van der Waals surface area (Å²) in [6, 6.07) is 0. The number of amides is 1. The van der Waals surface area contributed by atoms with E-state index >= 15 is 0 Å². The van der Waals surface area contributed by atoms with Crippen molar-refractivity contribution in [3.8, 4) is 0 Å². The van der Waals surface area contributed by atoms with Gasteiger partial charge in [0.1, 0.15) is 12.4 Å². The molecule has 0 saturated carbocycles. The molecule has 4 N–H and O–H groups in total. The summed E-state index contributed by atoms with van der Waals surface area (Å²) in [7, 11) is 0. The molecule has 0 spiro atoms. The SMILES string of the molecule is NC(=O)CCNCC(O)Cn1cc([N+](=O)[O-])cn1. The minimum Gasteiger partial charge on any atom is -0.390 e. The minimum atomic E-state index is -0.752. The molecule has 1 amide bonds. The van der Waals surface area contributed by atoms with Gasteiger partial charge in [0.15, 0.2) is 0 Å². The number of carbonyl (C=O) groups is 1. The Hall–Kier alpha value is -2.00. The average Bonchev–Trinajstić information content (AvgIpc) is 2.72. The molecule has 0 bridgehead atoms. The van der Waals surface area contributed by atoms with E-state index < -0.39 is 16.9 Å². The monoisotopic (exact) mass is 257 g/mol. The third kappa shape index (κ3) is 4.89. The molecule has 1 atom stereocenters. The molecule has 1 aromatic heterocycles. The van der Waals surface area contributed by atoms with Gasteiger partial charge in [0.25, 0.3) is 0 Å². The first-order valence-electron chi connectivity index (χ1n) is 5.33. The van der Waals surface area contributed by atoms with Crippen LogP contribution in [0, 0.1) is 10.1 Å². The second kappa shape index (κ2) is 6.67. The number of nitrogens with one attached hydrogen (secondary N) is 1. The topological polar surface area (TPSA) is 136 Å². The van der Waals surface area contributed by atoms with Crippen LogP contribution < -0.4 is 11.1 Å². The molecule has 0 aliphatic heterocycles. The van der Waals surface area contributed by atoms with E-state index in [2.05, 4.69) is 10.4 Å². The maximum absolute atomic E-state index is 10.4. The van der Waals surface area contributed by atoms with E-state index in [0.717, 1.165) is 6.20 Å². The largest absolute Gasteiger partial charge is 0.390 e. The van der Waals surface area contributed by atoms with Gasteiger partial charge >= 0.3 is 5.69 Å². The standard InChI is InChI=1S/C9H15N5O4/c10-9(16)1-2-11-4-8(15)6-13-5-7(3-12-13)14(17)18/h3,5,8,11,15H,1-2,4,6H2,(H2,10,16). The van der Waals surface area contributed by atoms with Gasteiger partial charge in [-0.3, -0.25) is 19.6 Å². The van der Waals surface area contributed by atoms with Gasteiger partial charge < -0.3 is 16.2 Å². The van der Waals surface area contributed by atoms with Gasteiger partial charge in [0.2, 0.25) is 5.91 Å². The van der Waals surface area contributed by atoms with Gasteiger partial charge in [-0.15, -0.1) is 0 Å². The van der Waals surface area contributed by atoms with E-state index in [1.165, 1.54) is 10.9 Å². The van der Waals surface area contributed by atoms with Crippen molar-refractivity contribution in [1.29, 1.82) is 0 Å². The quantitative estimate of drug-likeness (QED) is 0.298. The van der Waals surface area contributed by atoms with Crippen LogP contribution in [0.1, 0.15) is 6.42 Å². The molecule has 18 heavy (non-hydrogen) atoms. The zero-order chi connectivity index (χ0) is 13.5. The van der Waals surface area contributed by atoms with Gasteiger partial charge in [-0.05, 0) is 0 Å². The highest BCUT2D eigenvalue weighted by Crippen LogP contribution is 2.07. The lowest BCUT2D eigenvalue weighted by Gasteiger charge is -2.10. The van der Waals surface area contributed by atoms with Crippen LogP contribution in [0.2, 0.25) is 0 Å². The number of nitro groups is 1. The Bertz CT molecular complexity index is 419. The Labute approximate surface area is 103 Å². The number of aliphatic hydroxyl groups excluding tert-OH is 1. The Balaban J connectivity index is 2.28. The second-order valence-electron chi connectivity index (χ2n) is 3.75. The molecule has 1 unspecified atom stereocenters. The molecular formula is C9H15N5O4. The van der Waals surface area contributed by atoms with E-state index in [9.17, 15) is 20.0 Å². The molecule has 1 heterocycles. The zero-order valence-electron chi connectivity index (χ0n) is 9.65. The fourth-order valence-electron chi connectivity index (χ4n) is 1.31. The highest BCUT2D eigenvalue weighted by Gasteiger charge is 2.11. The van der Waals surface area contributed by atoms with Gasteiger partial charge in [-0.25, -0.2) is 0 Å². The minimum absolute atomic E-state index is 0.121. The average molecular weight is 257 g/mol. The summed E-state index contributed by atoms with van der Waals surface area (Å²) in [6.45, 7) is 0.768. The second-order valence-corrected chi connectivity index (χ2v) is 3.75. The molecule has 0 aromatic carbocycles. The normalized spacial score (nSPS) is 12.3. The number of rotatable bonds is 8. The van der Waals surface area contributed by atoms with Crippen molar-refractivity contribution in [2.75, 3.05) is 13.1 Å². The van der Waals surface area contributed by atoms with Gasteiger partial charge in [0, 0.05) is 19.5 Å². The summed E-state index contributed by atoms with van der Waals surface area (Å²) in [4.78, 5) is 20.3. The predicted octanol–water partition coefficient (Wildman–Crippen LogP) is -1.38. The summed E-state index contributed by atoms with van der Waals surface area (Å²) in [6.07, 6.45) is 1.80. The fraction of sp³-hybridized carbons (Fsp3) is 0.556. The zero-order valence-corrected chi connectivity index (χ0v) is 9.65. The molecular weight excluding hydrogens is 242 g/mol. The van der Waals surface area contributed by atoms with Crippen LogP contribution in [0.4, 0.5) is 5.69 Å². The summed E-state index contributed by atoms with van der Waals surface area (Å²) >= 11 is 0. The van der Waals surface area contributed by atoms with Crippen LogP contribution in [0.25, 0.3) is 0 Å². The third-order valence-electron chi connectivity index (χ3n) is 2.16. The van der Waals surface area contributed by atoms with Crippen molar-refractivity contribution in [3.63, 3.8) is 0 Å². The first-order chi connectivity index (χ1) is 8.49. The van der Waals surface area contributed by atoms with Crippen molar-refractivity contribution in [3.05, 3.63) is 22.5 Å². The van der Waals surface area contributed by atoms with Gasteiger partial charge in [-0.2, -0.15) is 5.10 Å². The van der Waals surface area contributed by atoms with Gasteiger partial charge in [0.05, 0.1) is 17.6 Å². The maximum atomic E-state index is 10.4. The van der Waals surface area contributed by atoms with Crippen LogP contribution in [-0.2, 0) is 11.3 Å². The van der Waals surface area contributed by atoms with Crippen molar-refractivity contribution < 1.29 is 14.8 Å². The van der Waals surface area contributed by atoms with Gasteiger partial charge in [-0.1, -0.05) is 0 Å². The number of aromatic nitrogens is 2. The highest BCUT2D eigenvalue weighted by atomic mass is 16.6. The molecule has 9 nitrogen and oxygen atoms in total. The third-order valence-corrected chi connectivity index (χ3v) is 2.16. The number of primary amides is 1. The molecule has 1 aromatic rings. The Kier molecular flexibility index (Phi) is 5.21. The highest BCUT2D eigenvalue weighted by molar-refractivity contribution is 5.73. The Morgan fingerprint density at radius 3 is 3.00 bits per heavy atom. The Morgan fingerprint density at radius 1 is 1.72 bits per heavy atom. The molecule has 0 aliphatic carbocycles. The van der Waals surface area contributed by atoms with Crippen molar-refractivity contribution >= 4 is 11.6 Å². The van der Waals surface area contributed by atoms with E-state index in [0.29, 0.717) is 6.54 Å². The first-order valence-corrected chi connectivity index (χ1v) is 5.33. The maximum Gasteiger partial charge on any atom is 0.306 e. The molecule has 0 aliphatic rings. The molecule has 0 radical (unpaired) electrons. The van der Waals surface area contributed by atoms with E-state index in [4.69, 9.17) is 5.73 Å². The molecule has 0 fully saturated rings. The number of nitrogens with zero attached hydrogens (tertiary/aromatic N) is 3. The van der Waals surface area contributed by atoms with E-state index in [1.54, 1.807) is 0 Å². The lowest BCUT2D eigenvalue weighted by molar-refractivity contribution is -0.385. The number of nitrogens with two attached hydrogens (primary N) is 1. The van der Waals surface area contributed by atoms with Crippen LogP contribution in [-0.4, -0.2) is 44.9 Å². The van der Waals surface area contributed by atoms with Crippen molar-refractivity contribution in [2.24, 2.45) is 5.73 Å². The van der Waals surface area contributed by atoms with E-state index in [1.807, 2.05) is 0 Å². The number of aliphatic hydroxyl groups is 1. The van der Waals surface area contributed by atoms with Crippen molar-refractivity contribution in [2.45, 2.75) is 19.1 Å². The van der Waals surface area contributed by atoms with Crippen LogP contribution in [0.3, 0.4) is 0 Å². The summed E-state index contributed by atoms with van der Waals surface area (Å²) in [5.74, 6) is -0.417. The predicted molar refractivity (Wildman–Crippen MR) is 61.6 cm³/mol. The van der Waals surface area contributed by atoms with Crippen LogP contribution in [0.15, 0.2) is 12.4 Å². The molecule has 1 rings (SSSR count). The fourth-order valence-corrected chi connectivity index (χ4v) is 1.31. The summed E-state index contributed by atoms with van der Waals surface area (Å²) in [5.41, 5.74) is 4.82. The molecule has 9 heteroatoms. The summed E-state index contributed by atoms with van der Waals surface area (Å²) < 4.78 is 1.29. The molecule has 100 valence electrons. The van der Waals surface area contributed by atoms with Crippen LogP contribution in [0.5, 0.6) is 0 Å². The van der Waals surface area contributed by atoms with E-state index in [-0.39, 0.29) is 25.2 Å².